The van der Waals surface area contributed by atoms with Crippen LogP contribution in [0.25, 0.3) is 0 Å². The standard InChI is InChI=1S/C5H5NO2/c7-3-6-4-1-5(8)2-4/h4H,1-2H2. The topological polar surface area (TPSA) is 46.5 Å². The van der Waals surface area contributed by atoms with Crippen LogP contribution in [0.4, 0.5) is 0 Å². The molecule has 1 aliphatic carbocycles. The van der Waals surface area contributed by atoms with Gasteiger partial charge in [-0.05, 0) is 0 Å². The number of nitrogens with zero attached hydrogens (tertiary/aromatic N) is 1. The molecule has 0 aromatic heterocycles. The fourth-order valence-electron chi connectivity index (χ4n) is 0.632. The molecule has 42 valence electrons. The van der Waals surface area contributed by atoms with E-state index in [2.05, 4.69) is 4.99 Å². The van der Waals surface area contributed by atoms with Gasteiger partial charge in [0.25, 0.3) is 0 Å². The zero-order valence-corrected chi connectivity index (χ0v) is 4.26. The Morgan fingerprint density at radius 3 is 2.62 bits per heavy atom. The molecular formula is C5H5NO2. The number of Topliss-reactive ketones (excluding diaryl/α,β-unsaturated/α-hetero) is 1. The van der Waals surface area contributed by atoms with Crippen molar-refractivity contribution in [3.63, 3.8) is 0 Å². The predicted molar refractivity (Wildman–Crippen MR) is 26.2 cm³/mol. The predicted octanol–water partition coefficient (Wildman–Crippen LogP) is 0.0537. The van der Waals surface area contributed by atoms with Gasteiger partial charge in [-0.2, -0.15) is 0 Å². The Bertz CT molecular complexity index is 150. The van der Waals surface area contributed by atoms with Crippen molar-refractivity contribution in [1.29, 1.82) is 0 Å². The second kappa shape index (κ2) is 1.88. The van der Waals surface area contributed by atoms with E-state index >= 15 is 0 Å². The molecule has 0 heterocycles. The summed E-state index contributed by atoms with van der Waals surface area (Å²) in [6, 6.07) is -0.0417. The molecule has 1 rings (SSSR count). The summed E-state index contributed by atoms with van der Waals surface area (Å²) in [4.78, 5) is 23.1. The summed E-state index contributed by atoms with van der Waals surface area (Å²) in [5.41, 5.74) is 0. The molecular weight excluding hydrogens is 106 g/mol. The maximum Gasteiger partial charge on any atom is 0.235 e. The van der Waals surface area contributed by atoms with E-state index in [0.717, 1.165) is 0 Å². The minimum atomic E-state index is -0.0417. The van der Waals surface area contributed by atoms with Crippen molar-refractivity contribution < 1.29 is 9.59 Å². The normalized spacial score (nSPS) is 19.2. The third kappa shape index (κ3) is 0.820. The van der Waals surface area contributed by atoms with Crippen LogP contribution in [0, 0.1) is 0 Å². The second-order valence-electron chi connectivity index (χ2n) is 1.82. The summed E-state index contributed by atoms with van der Waals surface area (Å²) in [5.74, 6) is 0.189. The maximum absolute atomic E-state index is 10.2. The summed E-state index contributed by atoms with van der Waals surface area (Å²) in [6.07, 6.45) is 2.29. The zero-order valence-electron chi connectivity index (χ0n) is 4.26. The number of ketones is 1. The maximum atomic E-state index is 10.2. The van der Waals surface area contributed by atoms with Gasteiger partial charge in [0.15, 0.2) is 0 Å². The lowest BCUT2D eigenvalue weighted by atomic mass is 9.92. The van der Waals surface area contributed by atoms with Gasteiger partial charge in [0.05, 0.1) is 6.04 Å². The molecule has 0 aromatic rings. The van der Waals surface area contributed by atoms with E-state index < -0.39 is 0 Å². The Kier molecular flexibility index (Phi) is 1.22. The molecule has 0 spiro atoms. The van der Waals surface area contributed by atoms with E-state index in [-0.39, 0.29) is 11.8 Å². The van der Waals surface area contributed by atoms with Crippen molar-refractivity contribution in [2.75, 3.05) is 0 Å². The van der Waals surface area contributed by atoms with Crippen LogP contribution < -0.4 is 0 Å². The highest BCUT2D eigenvalue weighted by molar-refractivity contribution is 5.86. The lowest BCUT2D eigenvalue weighted by molar-refractivity contribution is -0.124. The summed E-state index contributed by atoms with van der Waals surface area (Å²) < 4.78 is 0. The van der Waals surface area contributed by atoms with E-state index in [1.807, 2.05) is 0 Å². The largest absolute Gasteiger partial charge is 0.300 e. The van der Waals surface area contributed by atoms with Gasteiger partial charge >= 0.3 is 0 Å². The van der Waals surface area contributed by atoms with E-state index in [4.69, 9.17) is 0 Å². The molecule has 0 bridgehead atoms. The summed E-state index contributed by atoms with van der Waals surface area (Å²) in [5, 5.41) is 0. The third-order valence-corrected chi connectivity index (χ3v) is 1.16. The average molecular weight is 111 g/mol. The van der Waals surface area contributed by atoms with Crippen LogP contribution in [0.3, 0.4) is 0 Å². The highest BCUT2D eigenvalue weighted by Gasteiger charge is 2.25. The highest BCUT2D eigenvalue weighted by atomic mass is 16.1. The SMILES string of the molecule is O=C=NC1CC(=O)C1. The van der Waals surface area contributed by atoms with Crippen molar-refractivity contribution in [2.45, 2.75) is 18.9 Å². The first-order valence-corrected chi connectivity index (χ1v) is 2.41. The quantitative estimate of drug-likeness (QED) is 0.354. The van der Waals surface area contributed by atoms with Crippen LogP contribution in [0.2, 0.25) is 0 Å². The minimum Gasteiger partial charge on any atom is -0.300 e. The molecule has 3 heteroatoms. The second-order valence-corrected chi connectivity index (χ2v) is 1.82. The highest BCUT2D eigenvalue weighted by Crippen LogP contribution is 2.16. The van der Waals surface area contributed by atoms with Crippen molar-refractivity contribution in [3.8, 4) is 0 Å². The van der Waals surface area contributed by atoms with Crippen LogP contribution in [0.5, 0.6) is 0 Å². The molecule has 0 unspecified atom stereocenters. The molecule has 1 fully saturated rings. The zero-order chi connectivity index (χ0) is 5.98. The van der Waals surface area contributed by atoms with Crippen molar-refractivity contribution >= 4 is 11.9 Å². The van der Waals surface area contributed by atoms with Crippen LogP contribution in [0.15, 0.2) is 4.99 Å². The lowest BCUT2D eigenvalue weighted by Gasteiger charge is -2.16. The number of carbonyl (C=O) groups excluding carboxylic acids is 2. The molecule has 1 saturated carbocycles. The Labute approximate surface area is 46.4 Å². The Balaban J connectivity index is 2.35. The molecule has 3 nitrogen and oxygen atoms in total. The molecule has 0 aromatic carbocycles. The average Bonchev–Trinajstić information content (AvgIpc) is 1.64. The van der Waals surface area contributed by atoms with Gasteiger partial charge in [-0.3, -0.25) is 4.79 Å². The number of aliphatic imine (C=N–C) groups is 1. The number of isocyanates is 1. The third-order valence-electron chi connectivity index (χ3n) is 1.16. The lowest BCUT2D eigenvalue weighted by Crippen LogP contribution is -2.26. The first kappa shape index (κ1) is 5.19. The van der Waals surface area contributed by atoms with Crippen LogP contribution in [-0.2, 0) is 9.59 Å². The Morgan fingerprint density at radius 2 is 2.25 bits per heavy atom. The van der Waals surface area contributed by atoms with Gasteiger partial charge in [-0.25, -0.2) is 9.79 Å². The van der Waals surface area contributed by atoms with Crippen LogP contribution in [-0.4, -0.2) is 17.9 Å². The van der Waals surface area contributed by atoms with Gasteiger partial charge in [-0.1, -0.05) is 0 Å². The molecule has 0 N–H and O–H groups in total. The molecule has 8 heavy (non-hydrogen) atoms. The summed E-state index contributed by atoms with van der Waals surface area (Å²) >= 11 is 0. The molecule has 1 aliphatic rings. The van der Waals surface area contributed by atoms with E-state index in [0.29, 0.717) is 12.8 Å². The Morgan fingerprint density at radius 1 is 1.62 bits per heavy atom. The van der Waals surface area contributed by atoms with Crippen molar-refractivity contribution in [1.82, 2.24) is 0 Å². The molecule has 0 aliphatic heterocycles. The van der Waals surface area contributed by atoms with Gasteiger partial charge in [0.2, 0.25) is 6.08 Å². The molecule has 0 radical (unpaired) electrons. The first-order chi connectivity index (χ1) is 3.83. The molecule has 0 saturated heterocycles. The summed E-state index contributed by atoms with van der Waals surface area (Å²) in [7, 11) is 0. The van der Waals surface area contributed by atoms with Crippen LogP contribution in [0.1, 0.15) is 12.8 Å². The fourth-order valence-corrected chi connectivity index (χ4v) is 0.632. The smallest absolute Gasteiger partial charge is 0.235 e. The number of hydrogen-bond donors (Lipinski definition) is 0. The van der Waals surface area contributed by atoms with Crippen molar-refractivity contribution in [3.05, 3.63) is 0 Å². The first-order valence-electron chi connectivity index (χ1n) is 2.41. The van der Waals surface area contributed by atoms with Gasteiger partial charge in [0.1, 0.15) is 5.78 Å². The molecule has 0 amide bonds. The van der Waals surface area contributed by atoms with E-state index in [1.54, 1.807) is 0 Å². The minimum absolute atomic E-state index is 0.0417. The van der Waals surface area contributed by atoms with Gasteiger partial charge < -0.3 is 0 Å². The number of carbonyl (C=O) groups is 1. The monoisotopic (exact) mass is 111 g/mol. The Hall–Kier alpha value is -0.950. The van der Waals surface area contributed by atoms with Gasteiger partial charge in [0, 0.05) is 12.8 Å². The number of rotatable bonds is 1. The number of hydrogen-bond acceptors (Lipinski definition) is 3. The molecule has 0 atom stereocenters. The van der Waals surface area contributed by atoms with Crippen LogP contribution >= 0.6 is 0 Å². The van der Waals surface area contributed by atoms with Crippen molar-refractivity contribution in [2.24, 2.45) is 4.99 Å². The van der Waals surface area contributed by atoms with E-state index in [9.17, 15) is 9.59 Å². The van der Waals surface area contributed by atoms with E-state index in [1.165, 1.54) is 6.08 Å². The fraction of sp³-hybridized carbons (Fsp3) is 0.600. The van der Waals surface area contributed by atoms with Gasteiger partial charge in [-0.15, -0.1) is 0 Å². The summed E-state index contributed by atoms with van der Waals surface area (Å²) in [6.45, 7) is 0.